The van der Waals surface area contributed by atoms with Gasteiger partial charge < -0.3 is 4.74 Å². The van der Waals surface area contributed by atoms with Crippen molar-refractivity contribution < 1.29 is 9.53 Å². The smallest absolute Gasteiger partial charge is 0.188 e. The molecule has 0 saturated heterocycles. The van der Waals surface area contributed by atoms with Crippen LogP contribution in [-0.4, -0.2) is 18.5 Å². The summed E-state index contributed by atoms with van der Waals surface area (Å²) in [5.74, 6) is 0.776. The highest BCUT2D eigenvalue weighted by Gasteiger charge is 2.32. The van der Waals surface area contributed by atoms with E-state index in [1.165, 1.54) is 12.0 Å². The lowest BCUT2D eigenvalue weighted by Gasteiger charge is -2.38. The maximum Gasteiger partial charge on any atom is 0.188 e. The molecule has 0 bridgehead atoms. The fourth-order valence-corrected chi connectivity index (χ4v) is 3.78. The Morgan fingerprint density at radius 3 is 2.62 bits per heavy atom. The molecule has 21 heavy (non-hydrogen) atoms. The molecule has 2 rings (SSSR count). The SMILES string of the molecule is Cc1ccc(C(=O)COC2CC(C)CC(C)(C)C2)c(C)c1. The second kappa shape index (κ2) is 6.31. The van der Waals surface area contributed by atoms with Crippen molar-refractivity contribution in [2.75, 3.05) is 6.61 Å². The van der Waals surface area contributed by atoms with E-state index in [1.807, 2.05) is 26.0 Å². The number of rotatable bonds is 4. The molecule has 0 aliphatic heterocycles. The number of aryl methyl sites for hydroxylation is 2. The van der Waals surface area contributed by atoms with E-state index in [1.54, 1.807) is 0 Å². The monoisotopic (exact) mass is 288 g/mol. The Morgan fingerprint density at radius 2 is 2.00 bits per heavy atom. The minimum atomic E-state index is 0.100. The zero-order valence-electron chi connectivity index (χ0n) is 14.0. The van der Waals surface area contributed by atoms with Crippen molar-refractivity contribution in [3.8, 4) is 0 Å². The van der Waals surface area contributed by atoms with Gasteiger partial charge in [-0.3, -0.25) is 4.79 Å². The van der Waals surface area contributed by atoms with E-state index in [4.69, 9.17) is 4.74 Å². The van der Waals surface area contributed by atoms with Crippen molar-refractivity contribution >= 4 is 5.78 Å². The van der Waals surface area contributed by atoms with Crippen molar-refractivity contribution in [3.63, 3.8) is 0 Å². The normalized spacial score (nSPS) is 24.8. The Kier molecular flexibility index (Phi) is 4.88. The summed E-state index contributed by atoms with van der Waals surface area (Å²) in [5, 5.41) is 0. The predicted octanol–water partition coefficient (Wildman–Crippen LogP) is 4.72. The number of hydrogen-bond acceptors (Lipinski definition) is 2. The Hall–Kier alpha value is -1.15. The molecule has 1 aliphatic carbocycles. The van der Waals surface area contributed by atoms with Crippen LogP contribution in [0, 0.1) is 25.2 Å². The lowest BCUT2D eigenvalue weighted by Crippen LogP contribution is -2.33. The van der Waals surface area contributed by atoms with Gasteiger partial charge in [-0.2, -0.15) is 0 Å². The third kappa shape index (κ3) is 4.41. The van der Waals surface area contributed by atoms with Crippen LogP contribution in [-0.2, 0) is 4.74 Å². The summed E-state index contributed by atoms with van der Waals surface area (Å²) in [4.78, 5) is 12.3. The third-order valence-electron chi connectivity index (χ3n) is 4.48. The summed E-state index contributed by atoms with van der Waals surface area (Å²) in [5.41, 5.74) is 3.35. The van der Waals surface area contributed by atoms with Crippen molar-refractivity contribution in [3.05, 3.63) is 34.9 Å². The van der Waals surface area contributed by atoms with E-state index in [0.717, 1.165) is 24.0 Å². The number of carbonyl (C=O) groups excluding carboxylic acids is 1. The molecule has 0 amide bonds. The fourth-order valence-electron chi connectivity index (χ4n) is 3.78. The van der Waals surface area contributed by atoms with Gasteiger partial charge in [-0.05, 0) is 50.0 Å². The molecule has 1 aliphatic rings. The highest BCUT2D eigenvalue weighted by atomic mass is 16.5. The molecule has 0 N–H and O–H groups in total. The topological polar surface area (TPSA) is 26.3 Å². The van der Waals surface area contributed by atoms with Crippen LogP contribution in [0.5, 0.6) is 0 Å². The molecular formula is C19H28O2. The summed E-state index contributed by atoms with van der Waals surface area (Å²) in [6, 6.07) is 5.97. The van der Waals surface area contributed by atoms with E-state index < -0.39 is 0 Å². The van der Waals surface area contributed by atoms with Crippen LogP contribution in [0.25, 0.3) is 0 Å². The molecular weight excluding hydrogens is 260 g/mol. The zero-order valence-corrected chi connectivity index (χ0v) is 14.0. The molecule has 0 radical (unpaired) electrons. The molecule has 1 fully saturated rings. The first-order chi connectivity index (χ1) is 9.77. The minimum Gasteiger partial charge on any atom is -0.370 e. The van der Waals surface area contributed by atoms with Crippen LogP contribution >= 0.6 is 0 Å². The van der Waals surface area contributed by atoms with Crippen LogP contribution in [0.4, 0.5) is 0 Å². The van der Waals surface area contributed by atoms with Crippen LogP contribution in [0.3, 0.4) is 0 Å². The standard InChI is InChI=1S/C19H28O2/c1-13-6-7-17(15(3)8-13)18(20)12-21-16-9-14(2)10-19(4,5)11-16/h6-8,14,16H,9-12H2,1-5H3. The maximum atomic E-state index is 12.3. The first kappa shape index (κ1) is 16.2. The highest BCUT2D eigenvalue weighted by molar-refractivity contribution is 5.98. The van der Waals surface area contributed by atoms with Crippen molar-refractivity contribution in [1.29, 1.82) is 0 Å². The van der Waals surface area contributed by atoms with Gasteiger partial charge in [0.25, 0.3) is 0 Å². The van der Waals surface area contributed by atoms with Gasteiger partial charge in [-0.1, -0.05) is 44.5 Å². The van der Waals surface area contributed by atoms with Crippen molar-refractivity contribution in [2.45, 2.75) is 60.0 Å². The lowest BCUT2D eigenvalue weighted by atomic mass is 9.71. The molecule has 0 spiro atoms. The number of benzene rings is 1. The van der Waals surface area contributed by atoms with Crippen LogP contribution in [0.2, 0.25) is 0 Å². The summed E-state index contributed by atoms with van der Waals surface area (Å²) >= 11 is 0. The first-order valence-corrected chi connectivity index (χ1v) is 7.99. The van der Waals surface area contributed by atoms with E-state index in [0.29, 0.717) is 11.3 Å². The average Bonchev–Trinajstić information content (AvgIpc) is 2.33. The van der Waals surface area contributed by atoms with Gasteiger partial charge in [-0.15, -0.1) is 0 Å². The minimum absolute atomic E-state index is 0.100. The van der Waals surface area contributed by atoms with Gasteiger partial charge >= 0.3 is 0 Å². The predicted molar refractivity (Wildman–Crippen MR) is 86.8 cm³/mol. The third-order valence-corrected chi connectivity index (χ3v) is 4.48. The summed E-state index contributed by atoms with van der Waals surface area (Å²) in [7, 11) is 0. The average molecular weight is 288 g/mol. The molecule has 2 heteroatoms. The second-order valence-electron chi connectivity index (χ2n) is 7.59. The first-order valence-electron chi connectivity index (χ1n) is 7.99. The fraction of sp³-hybridized carbons (Fsp3) is 0.632. The van der Waals surface area contributed by atoms with Gasteiger partial charge in [0.05, 0.1) is 6.10 Å². The number of ether oxygens (including phenoxy) is 1. The van der Waals surface area contributed by atoms with Gasteiger partial charge in [-0.25, -0.2) is 0 Å². The van der Waals surface area contributed by atoms with Crippen molar-refractivity contribution in [1.82, 2.24) is 0 Å². The second-order valence-corrected chi connectivity index (χ2v) is 7.59. The van der Waals surface area contributed by atoms with Crippen LogP contribution in [0.15, 0.2) is 18.2 Å². The Balaban J connectivity index is 1.95. The Morgan fingerprint density at radius 1 is 1.29 bits per heavy atom. The van der Waals surface area contributed by atoms with E-state index in [2.05, 4.69) is 26.8 Å². The number of carbonyl (C=O) groups is 1. The van der Waals surface area contributed by atoms with E-state index in [9.17, 15) is 4.79 Å². The molecule has 1 aromatic carbocycles. The zero-order chi connectivity index (χ0) is 15.6. The number of hydrogen-bond donors (Lipinski definition) is 0. The van der Waals surface area contributed by atoms with E-state index in [-0.39, 0.29) is 18.5 Å². The quantitative estimate of drug-likeness (QED) is 0.749. The van der Waals surface area contributed by atoms with E-state index >= 15 is 0 Å². The summed E-state index contributed by atoms with van der Waals surface area (Å²) < 4.78 is 5.94. The van der Waals surface area contributed by atoms with Gasteiger partial charge in [0, 0.05) is 5.56 Å². The molecule has 1 aromatic rings. The van der Waals surface area contributed by atoms with Crippen LogP contribution in [0.1, 0.15) is 61.5 Å². The summed E-state index contributed by atoms with van der Waals surface area (Å²) in [6.07, 6.45) is 3.59. The molecule has 1 saturated carbocycles. The van der Waals surface area contributed by atoms with Gasteiger partial charge in [0.1, 0.15) is 6.61 Å². The van der Waals surface area contributed by atoms with Gasteiger partial charge in [0.2, 0.25) is 0 Å². The summed E-state index contributed by atoms with van der Waals surface area (Å²) in [6.45, 7) is 11.1. The highest BCUT2D eigenvalue weighted by Crippen LogP contribution is 2.39. The molecule has 0 heterocycles. The molecule has 0 aromatic heterocycles. The largest absolute Gasteiger partial charge is 0.370 e. The molecule has 116 valence electrons. The Bertz CT molecular complexity index is 516. The van der Waals surface area contributed by atoms with Gasteiger partial charge in [0.15, 0.2) is 5.78 Å². The molecule has 2 unspecified atom stereocenters. The molecule has 2 atom stereocenters. The van der Waals surface area contributed by atoms with Crippen LogP contribution < -0.4 is 0 Å². The Labute approximate surface area is 128 Å². The number of Topliss-reactive ketones (excluding diaryl/α,β-unsaturated/α-hetero) is 1. The lowest BCUT2D eigenvalue weighted by molar-refractivity contribution is -0.0167. The molecule has 2 nitrogen and oxygen atoms in total. The number of ketones is 1. The van der Waals surface area contributed by atoms with Crippen molar-refractivity contribution in [2.24, 2.45) is 11.3 Å². The maximum absolute atomic E-state index is 12.3.